The summed E-state index contributed by atoms with van der Waals surface area (Å²) in [4.78, 5) is 26.1. The predicted molar refractivity (Wildman–Crippen MR) is 108 cm³/mol. The van der Waals surface area contributed by atoms with E-state index in [0.29, 0.717) is 18.0 Å². The largest absolute Gasteiger partial charge is 0.478 e. The van der Waals surface area contributed by atoms with Crippen LogP contribution in [0.15, 0.2) is 48.5 Å². The maximum absolute atomic E-state index is 12.4. The quantitative estimate of drug-likeness (QED) is 0.648. The molecule has 0 aromatic heterocycles. The molecule has 0 radical (unpaired) electrons. The summed E-state index contributed by atoms with van der Waals surface area (Å²) in [7, 11) is 0. The van der Waals surface area contributed by atoms with Crippen molar-refractivity contribution >= 4 is 17.5 Å². The second-order valence-corrected chi connectivity index (χ2v) is 6.98. The minimum absolute atomic E-state index is 0.0103. The number of fused-ring (bicyclic) bond motifs is 1. The topological polar surface area (TPSA) is 71.9 Å². The van der Waals surface area contributed by atoms with Crippen LogP contribution in [0.25, 0.3) is 0 Å². The number of carbonyl (C=O) groups excluding carboxylic acids is 2. The first-order chi connectivity index (χ1) is 13.6. The Bertz CT molecular complexity index is 833. The summed E-state index contributed by atoms with van der Waals surface area (Å²) < 4.78 is 5.70. The molecule has 0 aliphatic carbocycles. The second kappa shape index (κ2) is 9.37. The molecule has 0 fully saturated rings. The first kappa shape index (κ1) is 19.9. The molecule has 6 heteroatoms. The van der Waals surface area contributed by atoms with Gasteiger partial charge in [0.05, 0.1) is 25.2 Å². The molecule has 1 aliphatic heterocycles. The molecule has 3 rings (SSSR count). The van der Waals surface area contributed by atoms with Crippen molar-refractivity contribution in [3.8, 4) is 5.75 Å². The number of amides is 2. The predicted octanol–water partition coefficient (Wildman–Crippen LogP) is 1.52. The summed E-state index contributed by atoms with van der Waals surface area (Å²) in [5.74, 6) is 0.0938. The number of ether oxygens (including phenoxy) is 1. The fraction of sp³-hybridized carbons (Fsp3) is 0.364. The van der Waals surface area contributed by atoms with Crippen molar-refractivity contribution in [3.63, 3.8) is 0 Å². The Morgan fingerprint density at radius 3 is 2.50 bits per heavy atom. The number of anilines is 1. The molecule has 148 valence electrons. The Balaban J connectivity index is 1.57. The Labute approximate surface area is 165 Å². The third kappa shape index (κ3) is 4.89. The van der Waals surface area contributed by atoms with E-state index in [-0.39, 0.29) is 18.2 Å². The number of hydrogen-bond donors (Lipinski definition) is 3. The highest BCUT2D eigenvalue weighted by Gasteiger charge is 2.29. The third-order valence-electron chi connectivity index (χ3n) is 5.11. The molecule has 2 aromatic rings. The number of hydrogen-bond acceptors (Lipinski definition) is 3. The summed E-state index contributed by atoms with van der Waals surface area (Å²) in [6, 6.07) is 15.4. The second-order valence-electron chi connectivity index (χ2n) is 6.98. The van der Waals surface area contributed by atoms with Gasteiger partial charge in [0, 0.05) is 12.1 Å². The summed E-state index contributed by atoms with van der Waals surface area (Å²) in [5.41, 5.74) is 2.98. The minimum atomic E-state index is -0.815. The lowest BCUT2D eigenvalue weighted by Gasteiger charge is -2.25. The van der Waals surface area contributed by atoms with E-state index in [0.717, 1.165) is 25.2 Å². The molecule has 6 nitrogen and oxygen atoms in total. The minimum Gasteiger partial charge on any atom is -0.478 e. The van der Waals surface area contributed by atoms with Gasteiger partial charge in [-0.3, -0.25) is 9.59 Å². The van der Waals surface area contributed by atoms with Crippen LogP contribution in [-0.2, 0) is 22.7 Å². The number of quaternary nitrogens is 1. The average Bonchev–Trinajstić information content (AvgIpc) is 2.71. The standard InChI is InChI=1S/C22H27N3O3/c1-3-25(4-2)15-17-10-6-5-9-16(17)14-23-21(26)13-20-22(27)24-18-11-7-8-12-19(18)28-20/h5-12,20H,3-4,13-15H2,1-2H3,(H,23,26)(H,24,27)/p+1/t20-/m0/s1. The van der Waals surface area contributed by atoms with Gasteiger partial charge in [0.2, 0.25) is 5.91 Å². The normalized spacial score (nSPS) is 15.5. The molecule has 1 atom stereocenters. The summed E-state index contributed by atoms with van der Waals surface area (Å²) in [6.07, 6.45) is -0.825. The van der Waals surface area contributed by atoms with Crippen LogP contribution in [0, 0.1) is 0 Å². The van der Waals surface area contributed by atoms with Gasteiger partial charge in [-0.05, 0) is 31.5 Å². The van der Waals surface area contributed by atoms with Crippen molar-refractivity contribution in [2.24, 2.45) is 0 Å². The number of carbonyl (C=O) groups is 2. The number of nitrogens with one attached hydrogen (secondary N) is 3. The van der Waals surface area contributed by atoms with Crippen molar-refractivity contribution < 1.29 is 19.2 Å². The number of rotatable bonds is 8. The summed E-state index contributed by atoms with van der Waals surface area (Å²) in [5, 5.41) is 5.72. The molecule has 0 saturated heterocycles. The van der Waals surface area contributed by atoms with Crippen molar-refractivity contribution in [1.29, 1.82) is 0 Å². The Morgan fingerprint density at radius 1 is 1.07 bits per heavy atom. The Morgan fingerprint density at radius 2 is 1.75 bits per heavy atom. The maximum Gasteiger partial charge on any atom is 0.266 e. The van der Waals surface area contributed by atoms with Crippen LogP contribution in [0.5, 0.6) is 5.75 Å². The van der Waals surface area contributed by atoms with Gasteiger partial charge in [-0.15, -0.1) is 0 Å². The smallest absolute Gasteiger partial charge is 0.266 e. The highest BCUT2D eigenvalue weighted by Crippen LogP contribution is 2.29. The average molecular weight is 382 g/mol. The highest BCUT2D eigenvalue weighted by molar-refractivity contribution is 5.99. The Kier molecular flexibility index (Phi) is 6.66. The van der Waals surface area contributed by atoms with Crippen LogP contribution in [0.4, 0.5) is 5.69 Å². The third-order valence-corrected chi connectivity index (χ3v) is 5.11. The van der Waals surface area contributed by atoms with Crippen molar-refractivity contribution in [1.82, 2.24) is 5.32 Å². The Hall–Kier alpha value is -2.86. The zero-order valence-electron chi connectivity index (χ0n) is 16.5. The van der Waals surface area contributed by atoms with Gasteiger partial charge < -0.3 is 20.3 Å². The van der Waals surface area contributed by atoms with E-state index in [1.165, 1.54) is 10.5 Å². The fourth-order valence-electron chi connectivity index (χ4n) is 3.33. The molecule has 0 spiro atoms. The summed E-state index contributed by atoms with van der Waals surface area (Å²) >= 11 is 0. The van der Waals surface area contributed by atoms with Crippen molar-refractivity contribution in [3.05, 3.63) is 59.7 Å². The molecule has 28 heavy (non-hydrogen) atoms. The van der Waals surface area contributed by atoms with E-state index in [4.69, 9.17) is 4.74 Å². The van der Waals surface area contributed by atoms with Crippen LogP contribution in [0.1, 0.15) is 31.4 Å². The molecule has 3 N–H and O–H groups in total. The molecule has 1 heterocycles. The van der Waals surface area contributed by atoms with Gasteiger partial charge in [0.25, 0.3) is 5.91 Å². The number of benzene rings is 2. The van der Waals surface area contributed by atoms with Crippen LogP contribution in [0.2, 0.25) is 0 Å². The molecule has 0 bridgehead atoms. The van der Waals surface area contributed by atoms with E-state index in [2.05, 4.69) is 30.5 Å². The zero-order chi connectivity index (χ0) is 19.9. The fourth-order valence-corrected chi connectivity index (χ4v) is 3.33. The summed E-state index contributed by atoms with van der Waals surface area (Å²) in [6.45, 7) is 7.86. The molecule has 0 unspecified atom stereocenters. The van der Waals surface area contributed by atoms with Gasteiger partial charge in [0.15, 0.2) is 6.10 Å². The van der Waals surface area contributed by atoms with Crippen LogP contribution in [0.3, 0.4) is 0 Å². The van der Waals surface area contributed by atoms with Gasteiger partial charge >= 0.3 is 0 Å². The molecule has 1 aliphatic rings. The lowest BCUT2D eigenvalue weighted by molar-refractivity contribution is -0.910. The number of para-hydroxylation sites is 2. The van der Waals surface area contributed by atoms with Crippen LogP contribution >= 0.6 is 0 Å². The van der Waals surface area contributed by atoms with Crippen LogP contribution in [-0.4, -0.2) is 31.0 Å². The molecule has 2 aromatic carbocycles. The first-order valence-electron chi connectivity index (χ1n) is 9.84. The van der Waals surface area contributed by atoms with E-state index in [9.17, 15) is 9.59 Å². The first-order valence-corrected chi connectivity index (χ1v) is 9.84. The van der Waals surface area contributed by atoms with Gasteiger partial charge in [0.1, 0.15) is 12.3 Å². The van der Waals surface area contributed by atoms with E-state index in [1.807, 2.05) is 30.3 Å². The van der Waals surface area contributed by atoms with Crippen molar-refractivity contribution in [2.75, 3.05) is 18.4 Å². The molecule has 2 amide bonds. The molecule has 0 saturated carbocycles. The molecular weight excluding hydrogens is 354 g/mol. The van der Waals surface area contributed by atoms with Crippen molar-refractivity contribution in [2.45, 2.75) is 39.5 Å². The van der Waals surface area contributed by atoms with Crippen LogP contribution < -0.4 is 20.3 Å². The monoisotopic (exact) mass is 382 g/mol. The lowest BCUT2D eigenvalue weighted by Crippen LogP contribution is -3.10. The van der Waals surface area contributed by atoms with E-state index in [1.54, 1.807) is 12.1 Å². The molecular formula is C22H28N3O3+. The van der Waals surface area contributed by atoms with Gasteiger partial charge in [-0.1, -0.05) is 36.4 Å². The van der Waals surface area contributed by atoms with Gasteiger partial charge in [-0.25, -0.2) is 0 Å². The SMILES string of the molecule is CC[NH+](CC)Cc1ccccc1CNC(=O)C[C@@H]1Oc2ccccc2NC1=O. The van der Waals surface area contributed by atoms with E-state index >= 15 is 0 Å². The maximum atomic E-state index is 12.4. The highest BCUT2D eigenvalue weighted by atomic mass is 16.5. The van der Waals surface area contributed by atoms with E-state index < -0.39 is 6.10 Å². The van der Waals surface area contributed by atoms with Gasteiger partial charge in [-0.2, -0.15) is 0 Å². The lowest BCUT2D eigenvalue weighted by atomic mass is 10.1. The zero-order valence-corrected chi connectivity index (χ0v) is 16.5.